The Kier molecular flexibility index (Phi) is 8.89. The Hall–Kier alpha value is -4.69. The van der Waals surface area contributed by atoms with Crippen LogP contribution in [-0.2, 0) is 50.4 Å². The fourth-order valence-electron chi connectivity index (χ4n) is 3.26. The smallest absolute Gasteiger partial charge is 0.363 e. The zero-order valence-corrected chi connectivity index (χ0v) is 23.0. The summed E-state index contributed by atoms with van der Waals surface area (Å²) in [5.74, 6) is -4.73. The average Bonchev–Trinajstić information content (AvgIpc) is 3.33. The molecule has 20 heteroatoms. The van der Waals surface area contributed by atoms with Crippen molar-refractivity contribution in [1.29, 1.82) is 0 Å². The molecule has 2 atom stereocenters. The van der Waals surface area contributed by atoms with Crippen LogP contribution in [0.3, 0.4) is 0 Å². The van der Waals surface area contributed by atoms with E-state index in [0.29, 0.717) is 5.56 Å². The number of nitro groups is 1. The van der Waals surface area contributed by atoms with Gasteiger partial charge in [-0.2, -0.15) is 12.7 Å². The van der Waals surface area contributed by atoms with Gasteiger partial charge in [-0.15, -0.1) is 11.3 Å². The van der Waals surface area contributed by atoms with Gasteiger partial charge in [-0.05, 0) is 31.5 Å². The number of benzene rings is 1. The number of thiazole rings is 1. The predicted molar refractivity (Wildman–Crippen MR) is 137 cm³/mol. The number of carbonyl (C=O) groups excluding carboxylic acids is 4. The number of methoxy groups -OCH3 is 1. The number of amides is 2. The van der Waals surface area contributed by atoms with Crippen LogP contribution in [0.4, 0.5) is 10.8 Å². The first-order valence-electron chi connectivity index (χ1n) is 11.1. The van der Waals surface area contributed by atoms with Gasteiger partial charge in [0.15, 0.2) is 16.9 Å². The third-order valence-electron chi connectivity index (χ3n) is 5.38. The summed E-state index contributed by atoms with van der Waals surface area (Å²) < 4.78 is 41.7. The van der Waals surface area contributed by atoms with Crippen molar-refractivity contribution in [3.63, 3.8) is 0 Å². The van der Waals surface area contributed by atoms with E-state index in [2.05, 4.69) is 20.2 Å². The number of aromatic nitrogens is 1. The van der Waals surface area contributed by atoms with Crippen molar-refractivity contribution in [3.05, 3.63) is 51.0 Å². The highest BCUT2D eigenvalue weighted by molar-refractivity contribution is 7.84. The number of β-lactam (4-membered cyclic amide) rings is 1. The largest absolute Gasteiger partial charge is 0.467 e. The van der Waals surface area contributed by atoms with E-state index in [-0.39, 0.29) is 27.4 Å². The molecule has 41 heavy (non-hydrogen) atoms. The third-order valence-corrected chi connectivity index (χ3v) is 6.96. The van der Waals surface area contributed by atoms with E-state index < -0.39 is 62.4 Å². The van der Waals surface area contributed by atoms with Crippen LogP contribution >= 0.6 is 11.3 Å². The van der Waals surface area contributed by atoms with Crippen LogP contribution in [0, 0.1) is 10.1 Å². The number of nitrogens with zero attached hydrogens (tertiary/aromatic N) is 4. The summed E-state index contributed by atoms with van der Waals surface area (Å²) in [6, 6.07) is 1.54. The lowest BCUT2D eigenvalue weighted by Gasteiger charge is -2.41. The van der Waals surface area contributed by atoms with E-state index in [1.54, 1.807) is 0 Å². The number of nitrogens with one attached hydrogen (secondary N) is 1. The fourth-order valence-corrected chi connectivity index (χ4v) is 4.64. The van der Waals surface area contributed by atoms with Gasteiger partial charge in [0.25, 0.3) is 17.5 Å². The Morgan fingerprint density at radius 3 is 2.44 bits per heavy atom. The van der Waals surface area contributed by atoms with Crippen molar-refractivity contribution in [1.82, 2.24) is 14.6 Å². The molecule has 2 heterocycles. The van der Waals surface area contributed by atoms with Gasteiger partial charge >= 0.3 is 22.2 Å². The van der Waals surface area contributed by atoms with Crippen molar-refractivity contribution in [2.75, 3.05) is 12.8 Å². The lowest BCUT2D eigenvalue weighted by Crippen LogP contribution is -2.74. The summed E-state index contributed by atoms with van der Waals surface area (Å²) in [5, 5.41) is 17.9. The van der Waals surface area contributed by atoms with Gasteiger partial charge in [0.1, 0.15) is 18.3 Å². The molecule has 1 fully saturated rings. The zero-order valence-electron chi connectivity index (χ0n) is 21.4. The highest BCUT2D eigenvalue weighted by Gasteiger charge is 2.58. The van der Waals surface area contributed by atoms with E-state index in [9.17, 15) is 42.3 Å². The van der Waals surface area contributed by atoms with E-state index in [1.165, 1.54) is 43.5 Å². The Morgan fingerprint density at radius 2 is 1.93 bits per heavy atom. The molecule has 1 aromatic carbocycles. The zero-order chi connectivity index (χ0) is 30.7. The number of hydrogen-bond donors (Lipinski definition) is 3. The van der Waals surface area contributed by atoms with Crippen LogP contribution in [0.25, 0.3) is 0 Å². The first-order chi connectivity index (χ1) is 19.1. The molecule has 0 spiro atoms. The summed E-state index contributed by atoms with van der Waals surface area (Å²) in [5.41, 5.74) is 3.32. The number of anilines is 1. The van der Waals surface area contributed by atoms with Gasteiger partial charge in [0.2, 0.25) is 5.60 Å². The van der Waals surface area contributed by atoms with E-state index in [4.69, 9.17) is 15.3 Å². The SMILES string of the molecule is COC(=O)C1C(NC(=O)C(=NOC(C)(C)C(=O)OCc2ccc([N+](=O)[O-])cc2)c2csc(N)n2)C(=O)N1S(=O)(=O)O. The number of rotatable bonds is 11. The minimum absolute atomic E-state index is 0.00646. The maximum Gasteiger partial charge on any atom is 0.363 e. The van der Waals surface area contributed by atoms with Crippen LogP contribution in [0.2, 0.25) is 0 Å². The van der Waals surface area contributed by atoms with Crippen molar-refractivity contribution in [2.24, 2.45) is 5.16 Å². The Labute approximate surface area is 235 Å². The van der Waals surface area contributed by atoms with Crippen LogP contribution in [0.15, 0.2) is 34.8 Å². The molecule has 4 N–H and O–H groups in total. The fraction of sp³-hybridized carbons (Fsp3) is 0.333. The number of non-ortho nitro benzene ring substituents is 1. The number of esters is 2. The first kappa shape index (κ1) is 30.8. The van der Waals surface area contributed by atoms with Crippen molar-refractivity contribution >= 4 is 61.9 Å². The second-order valence-corrected chi connectivity index (χ2v) is 10.8. The summed E-state index contributed by atoms with van der Waals surface area (Å²) in [6.45, 7) is 2.24. The molecule has 0 aliphatic carbocycles. The Bertz CT molecular complexity index is 1520. The predicted octanol–water partition coefficient (Wildman–Crippen LogP) is -0.452. The minimum Gasteiger partial charge on any atom is -0.467 e. The minimum atomic E-state index is -5.16. The molecular weight excluding hydrogens is 592 g/mol. The molecule has 1 aliphatic rings. The number of nitrogen functional groups attached to an aromatic ring is 1. The van der Waals surface area contributed by atoms with E-state index in [0.717, 1.165) is 18.4 Å². The van der Waals surface area contributed by atoms with Gasteiger partial charge in [0.05, 0.1) is 12.0 Å². The van der Waals surface area contributed by atoms with Crippen LogP contribution < -0.4 is 11.1 Å². The van der Waals surface area contributed by atoms with Gasteiger partial charge < -0.3 is 25.4 Å². The molecular formula is C21H22N6O12S2. The molecule has 3 rings (SSSR count). The van der Waals surface area contributed by atoms with Gasteiger partial charge in [-0.1, -0.05) is 5.16 Å². The number of nitrogens with two attached hydrogens (primary N) is 1. The van der Waals surface area contributed by atoms with Crippen LogP contribution in [0.5, 0.6) is 0 Å². The molecule has 1 aromatic heterocycles. The Balaban J connectivity index is 1.78. The average molecular weight is 615 g/mol. The number of nitro benzene ring substituents is 1. The molecule has 2 unspecified atom stereocenters. The number of carbonyl (C=O) groups is 4. The second kappa shape index (κ2) is 11.8. The lowest BCUT2D eigenvalue weighted by atomic mass is 9.98. The van der Waals surface area contributed by atoms with Crippen LogP contribution in [0.1, 0.15) is 25.1 Å². The van der Waals surface area contributed by atoms with Crippen molar-refractivity contribution < 1.29 is 51.4 Å². The molecule has 0 bridgehead atoms. The molecule has 1 aliphatic heterocycles. The summed E-state index contributed by atoms with van der Waals surface area (Å²) >= 11 is 0.905. The molecule has 0 saturated carbocycles. The highest BCUT2D eigenvalue weighted by atomic mass is 32.2. The molecule has 220 valence electrons. The quantitative estimate of drug-likeness (QED) is 0.0723. The molecule has 18 nitrogen and oxygen atoms in total. The number of ether oxygens (including phenoxy) is 2. The topological polar surface area (TPSA) is 260 Å². The normalized spacial score (nSPS) is 17.3. The summed E-state index contributed by atoms with van der Waals surface area (Å²) in [7, 11) is -4.26. The lowest BCUT2D eigenvalue weighted by molar-refractivity contribution is -0.384. The van der Waals surface area contributed by atoms with E-state index in [1.807, 2.05) is 0 Å². The van der Waals surface area contributed by atoms with Gasteiger partial charge in [-0.3, -0.25) is 24.3 Å². The maximum absolute atomic E-state index is 13.1. The summed E-state index contributed by atoms with van der Waals surface area (Å²) in [6.07, 6.45) is 0. The van der Waals surface area contributed by atoms with Gasteiger partial charge in [-0.25, -0.2) is 14.6 Å². The monoisotopic (exact) mass is 614 g/mol. The second-order valence-electron chi connectivity index (χ2n) is 8.64. The van der Waals surface area contributed by atoms with Crippen molar-refractivity contribution in [2.45, 2.75) is 38.1 Å². The maximum atomic E-state index is 13.1. The van der Waals surface area contributed by atoms with Crippen LogP contribution in [-0.4, -0.2) is 81.4 Å². The molecule has 0 radical (unpaired) electrons. The molecule has 1 saturated heterocycles. The van der Waals surface area contributed by atoms with Crippen molar-refractivity contribution in [3.8, 4) is 0 Å². The van der Waals surface area contributed by atoms with E-state index >= 15 is 0 Å². The number of hydrogen-bond acceptors (Lipinski definition) is 15. The third kappa shape index (κ3) is 6.91. The molecule has 2 amide bonds. The number of oxime groups is 1. The Morgan fingerprint density at radius 1 is 1.29 bits per heavy atom. The highest BCUT2D eigenvalue weighted by Crippen LogP contribution is 2.25. The first-order valence-corrected chi connectivity index (χ1v) is 13.4. The van der Waals surface area contributed by atoms with Gasteiger partial charge in [0, 0.05) is 17.5 Å². The summed E-state index contributed by atoms with van der Waals surface area (Å²) in [4.78, 5) is 69.5. The standard InChI is InChI=1S/C21H22N6O12S2/c1-21(2,19(31)38-8-10-4-6-11(7-5-10)27(32)33)39-25-13(12-9-40-20(22)23-12)16(28)24-14-15(18(30)37-3)26(17(14)29)41(34,35)36/h4-7,9,14-15H,8H2,1-3H3,(H2,22,23)(H,24,28)(H,34,35,36). The molecule has 2 aromatic rings.